The number of aromatic nitrogens is 2. The summed E-state index contributed by atoms with van der Waals surface area (Å²) >= 11 is 0. The van der Waals surface area contributed by atoms with E-state index in [1.54, 1.807) is 31.2 Å². The van der Waals surface area contributed by atoms with Gasteiger partial charge in [-0.2, -0.15) is 5.10 Å². The first kappa shape index (κ1) is 13.9. The molecule has 6 heteroatoms. The van der Waals surface area contributed by atoms with E-state index >= 15 is 0 Å². The van der Waals surface area contributed by atoms with Crippen LogP contribution in [0.15, 0.2) is 24.3 Å². The molecule has 106 valence electrons. The Bertz CT molecular complexity index is 602. The number of nitrogens with zero attached hydrogens (tertiary/aromatic N) is 1. The number of hydrogen-bond acceptors (Lipinski definition) is 4. The zero-order chi connectivity index (χ0) is 14.7. The molecule has 1 aromatic heterocycles. The lowest BCUT2D eigenvalue weighted by Crippen LogP contribution is -2.14. The fourth-order valence-electron chi connectivity index (χ4n) is 1.69. The molecule has 0 aliphatic heterocycles. The fourth-order valence-corrected chi connectivity index (χ4v) is 1.69. The number of benzene rings is 1. The third kappa shape index (κ3) is 3.09. The molecule has 0 aliphatic carbocycles. The Labute approximate surface area is 117 Å². The van der Waals surface area contributed by atoms with E-state index < -0.39 is 0 Å². The Morgan fingerprint density at radius 1 is 1.35 bits per heavy atom. The molecule has 4 N–H and O–H groups in total. The molecular weight excluding hydrogens is 256 g/mol. The largest absolute Gasteiger partial charge is 0.491 e. The average molecular weight is 274 g/mol. The number of nitrogens with two attached hydrogens (primary N) is 1. The smallest absolute Gasteiger partial charge is 0.278 e. The highest BCUT2D eigenvalue weighted by Gasteiger charge is 2.15. The number of hydrogen-bond donors (Lipinski definition) is 3. The maximum atomic E-state index is 12.0. The van der Waals surface area contributed by atoms with Gasteiger partial charge in [-0.1, -0.05) is 0 Å². The summed E-state index contributed by atoms with van der Waals surface area (Å²) in [5.41, 5.74) is 7.66. The van der Waals surface area contributed by atoms with Gasteiger partial charge in [0.15, 0.2) is 5.69 Å². The summed E-state index contributed by atoms with van der Waals surface area (Å²) in [7, 11) is 0. The molecule has 0 saturated heterocycles. The van der Waals surface area contributed by atoms with Gasteiger partial charge >= 0.3 is 0 Å². The van der Waals surface area contributed by atoms with E-state index in [1.807, 2.05) is 13.8 Å². The van der Waals surface area contributed by atoms with Crippen LogP contribution in [-0.2, 0) is 0 Å². The standard InChI is InChI=1S/C14H18N4O2/c1-8(2)20-11-6-4-10(5-7-11)16-14(19)13-12(15)9(3)17-18-13/h4-8H,15H2,1-3H3,(H,16,19)(H,17,18). The second kappa shape index (κ2) is 5.64. The average Bonchev–Trinajstić information content (AvgIpc) is 2.72. The fraction of sp³-hybridized carbons (Fsp3) is 0.286. The molecule has 1 amide bonds. The van der Waals surface area contributed by atoms with Crippen LogP contribution in [0.4, 0.5) is 11.4 Å². The summed E-state index contributed by atoms with van der Waals surface area (Å²) in [6, 6.07) is 7.14. The third-order valence-electron chi connectivity index (χ3n) is 2.69. The van der Waals surface area contributed by atoms with Gasteiger partial charge in [0, 0.05) is 5.69 Å². The minimum Gasteiger partial charge on any atom is -0.491 e. The van der Waals surface area contributed by atoms with Crippen molar-refractivity contribution < 1.29 is 9.53 Å². The van der Waals surface area contributed by atoms with Gasteiger partial charge in [-0.15, -0.1) is 0 Å². The monoisotopic (exact) mass is 274 g/mol. The summed E-state index contributed by atoms with van der Waals surface area (Å²) in [6.45, 7) is 5.67. The van der Waals surface area contributed by atoms with Crippen LogP contribution in [0, 0.1) is 6.92 Å². The van der Waals surface area contributed by atoms with Crippen molar-refractivity contribution in [1.82, 2.24) is 10.2 Å². The molecule has 0 spiro atoms. The predicted octanol–water partition coefficient (Wildman–Crippen LogP) is 2.34. The lowest BCUT2D eigenvalue weighted by Gasteiger charge is -2.10. The van der Waals surface area contributed by atoms with Crippen LogP contribution in [0.25, 0.3) is 0 Å². The van der Waals surface area contributed by atoms with Crippen molar-refractivity contribution in [3.63, 3.8) is 0 Å². The Morgan fingerprint density at radius 3 is 2.50 bits per heavy atom. The van der Waals surface area contributed by atoms with Crippen molar-refractivity contribution in [1.29, 1.82) is 0 Å². The number of nitrogens with one attached hydrogen (secondary N) is 2. The number of carbonyl (C=O) groups excluding carboxylic acids is 1. The van der Waals surface area contributed by atoms with Crippen LogP contribution < -0.4 is 15.8 Å². The highest BCUT2D eigenvalue weighted by Crippen LogP contribution is 2.19. The molecule has 1 heterocycles. The van der Waals surface area contributed by atoms with E-state index in [1.165, 1.54) is 0 Å². The zero-order valence-corrected chi connectivity index (χ0v) is 11.7. The number of anilines is 2. The van der Waals surface area contributed by atoms with E-state index in [9.17, 15) is 4.79 Å². The Hall–Kier alpha value is -2.50. The van der Waals surface area contributed by atoms with Gasteiger partial charge in [0.05, 0.1) is 17.5 Å². The lowest BCUT2D eigenvalue weighted by atomic mass is 10.2. The van der Waals surface area contributed by atoms with Crippen molar-refractivity contribution in [3.05, 3.63) is 35.7 Å². The Kier molecular flexibility index (Phi) is 3.93. The maximum Gasteiger partial charge on any atom is 0.278 e. The van der Waals surface area contributed by atoms with Gasteiger partial charge in [0.2, 0.25) is 0 Å². The van der Waals surface area contributed by atoms with Crippen LogP contribution >= 0.6 is 0 Å². The first-order valence-electron chi connectivity index (χ1n) is 6.36. The minimum atomic E-state index is -0.343. The molecule has 0 radical (unpaired) electrons. The number of ether oxygens (including phenoxy) is 1. The molecule has 0 atom stereocenters. The molecular formula is C14H18N4O2. The highest BCUT2D eigenvalue weighted by molar-refractivity contribution is 6.06. The van der Waals surface area contributed by atoms with Crippen molar-refractivity contribution in [2.24, 2.45) is 0 Å². The predicted molar refractivity (Wildman–Crippen MR) is 77.9 cm³/mol. The normalized spacial score (nSPS) is 10.6. The molecule has 1 aromatic carbocycles. The minimum absolute atomic E-state index is 0.113. The SMILES string of the molecule is Cc1[nH]nc(C(=O)Nc2ccc(OC(C)C)cc2)c1N. The van der Waals surface area contributed by atoms with Crippen molar-refractivity contribution >= 4 is 17.3 Å². The number of aryl methyl sites for hydroxylation is 1. The molecule has 0 bridgehead atoms. The van der Waals surface area contributed by atoms with E-state index in [0.29, 0.717) is 17.1 Å². The summed E-state index contributed by atoms with van der Waals surface area (Å²) in [5, 5.41) is 9.30. The number of H-pyrrole nitrogens is 1. The first-order valence-corrected chi connectivity index (χ1v) is 6.36. The van der Waals surface area contributed by atoms with Crippen LogP contribution in [-0.4, -0.2) is 22.2 Å². The van der Waals surface area contributed by atoms with Crippen molar-refractivity contribution in [3.8, 4) is 5.75 Å². The molecule has 0 saturated carbocycles. The zero-order valence-electron chi connectivity index (χ0n) is 11.7. The van der Waals surface area contributed by atoms with Gasteiger partial charge in [-0.3, -0.25) is 9.89 Å². The van der Waals surface area contributed by atoms with Crippen molar-refractivity contribution in [2.45, 2.75) is 26.9 Å². The molecule has 0 aliphatic rings. The summed E-state index contributed by atoms with van der Waals surface area (Å²) in [4.78, 5) is 12.0. The number of aromatic amines is 1. The van der Waals surface area contributed by atoms with Gasteiger partial charge in [0.25, 0.3) is 5.91 Å². The second-order valence-corrected chi connectivity index (χ2v) is 4.76. The maximum absolute atomic E-state index is 12.0. The van der Waals surface area contributed by atoms with Gasteiger partial charge in [-0.05, 0) is 45.0 Å². The number of carbonyl (C=O) groups is 1. The van der Waals surface area contributed by atoms with Crippen molar-refractivity contribution in [2.75, 3.05) is 11.1 Å². The lowest BCUT2D eigenvalue weighted by molar-refractivity contribution is 0.102. The second-order valence-electron chi connectivity index (χ2n) is 4.76. The molecule has 2 rings (SSSR count). The summed E-state index contributed by atoms with van der Waals surface area (Å²) in [6.07, 6.45) is 0.113. The van der Waals surface area contributed by atoms with E-state index in [4.69, 9.17) is 10.5 Å². The highest BCUT2D eigenvalue weighted by atomic mass is 16.5. The summed E-state index contributed by atoms with van der Waals surface area (Å²) in [5.74, 6) is 0.414. The molecule has 6 nitrogen and oxygen atoms in total. The number of nitrogen functional groups attached to an aromatic ring is 1. The quantitative estimate of drug-likeness (QED) is 0.797. The third-order valence-corrected chi connectivity index (χ3v) is 2.69. The topological polar surface area (TPSA) is 93.0 Å². The van der Waals surface area contributed by atoms with E-state index in [0.717, 1.165) is 5.75 Å². The Morgan fingerprint density at radius 2 is 2.00 bits per heavy atom. The Balaban J connectivity index is 2.06. The van der Waals surface area contributed by atoms with Crippen LogP contribution in [0.1, 0.15) is 30.0 Å². The molecule has 0 unspecified atom stereocenters. The van der Waals surface area contributed by atoms with Gasteiger partial charge in [-0.25, -0.2) is 0 Å². The summed E-state index contributed by atoms with van der Waals surface area (Å²) < 4.78 is 5.53. The molecule has 2 aromatic rings. The molecule has 0 fully saturated rings. The van der Waals surface area contributed by atoms with Gasteiger partial charge in [0.1, 0.15) is 5.75 Å². The number of amides is 1. The first-order chi connectivity index (χ1) is 9.47. The van der Waals surface area contributed by atoms with Crippen LogP contribution in [0.2, 0.25) is 0 Å². The van der Waals surface area contributed by atoms with Gasteiger partial charge < -0.3 is 15.8 Å². The molecule has 20 heavy (non-hydrogen) atoms. The van der Waals surface area contributed by atoms with E-state index in [2.05, 4.69) is 15.5 Å². The van der Waals surface area contributed by atoms with Crippen LogP contribution in [0.5, 0.6) is 5.75 Å². The van der Waals surface area contributed by atoms with E-state index in [-0.39, 0.29) is 17.7 Å². The number of rotatable bonds is 4. The van der Waals surface area contributed by atoms with Crippen LogP contribution in [0.3, 0.4) is 0 Å².